The van der Waals surface area contributed by atoms with Crippen LogP contribution in [0.5, 0.6) is 0 Å². The molecule has 1 N–H and O–H groups in total. The largest absolute Gasteiger partial charge is 0.328 e. The van der Waals surface area contributed by atoms with Crippen molar-refractivity contribution in [2.24, 2.45) is 0 Å². The van der Waals surface area contributed by atoms with Crippen LogP contribution in [0.15, 0.2) is 12.4 Å². The number of aromatic nitrogens is 2. The second-order valence-electron chi connectivity index (χ2n) is 3.26. The number of hydrogen-bond donors (Lipinski definition) is 1. The quantitative estimate of drug-likeness (QED) is 0.745. The fourth-order valence-corrected chi connectivity index (χ4v) is 1.62. The smallest absolute Gasteiger partial charge is 0.100 e. The van der Waals surface area contributed by atoms with Gasteiger partial charge >= 0.3 is 0 Å². The van der Waals surface area contributed by atoms with E-state index in [9.17, 15) is 0 Å². The summed E-state index contributed by atoms with van der Waals surface area (Å²) in [7, 11) is 0. The zero-order chi connectivity index (χ0) is 9.26. The first-order valence-electron chi connectivity index (χ1n) is 4.68. The van der Waals surface area contributed by atoms with Crippen molar-refractivity contribution < 1.29 is 0 Å². The van der Waals surface area contributed by atoms with Gasteiger partial charge < -0.3 is 4.90 Å². The first kappa shape index (κ1) is 8.29. The van der Waals surface area contributed by atoms with Gasteiger partial charge in [-0.1, -0.05) is 0 Å². The molecular weight excluding hydrogens is 164 g/mol. The number of amidine groups is 1. The minimum atomic E-state index is 0.718. The van der Waals surface area contributed by atoms with Crippen molar-refractivity contribution in [1.82, 2.24) is 9.78 Å². The van der Waals surface area contributed by atoms with Crippen LogP contribution >= 0.6 is 0 Å². The summed E-state index contributed by atoms with van der Waals surface area (Å²) < 4.78 is 1.89. The van der Waals surface area contributed by atoms with E-state index in [2.05, 4.69) is 12.0 Å². The molecule has 0 saturated carbocycles. The minimum Gasteiger partial charge on any atom is -0.328 e. The maximum atomic E-state index is 7.70. The number of nitrogens with one attached hydrogen (secondary N) is 1. The lowest BCUT2D eigenvalue weighted by Gasteiger charge is -2.14. The molecule has 0 atom stereocenters. The van der Waals surface area contributed by atoms with E-state index in [4.69, 9.17) is 5.41 Å². The summed E-state index contributed by atoms with van der Waals surface area (Å²) in [5, 5.41) is 11.9. The lowest BCUT2D eigenvalue weighted by molar-refractivity contribution is 0.660. The number of hydrogen-bond acceptors (Lipinski definition) is 2. The second kappa shape index (κ2) is 3.20. The zero-order valence-corrected chi connectivity index (χ0v) is 7.82. The Bertz CT molecular complexity index is 315. The summed E-state index contributed by atoms with van der Waals surface area (Å²) in [5.74, 6) is 0.718. The fraction of sp³-hybridized carbons (Fsp3) is 0.556. The molecule has 0 unspecified atom stereocenters. The van der Waals surface area contributed by atoms with E-state index >= 15 is 0 Å². The van der Waals surface area contributed by atoms with Gasteiger partial charge in [-0.2, -0.15) is 5.10 Å². The molecule has 0 spiro atoms. The lowest BCUT2D eigenvalue weighted by Crippen LogP contribution is -2.22. The Labute approximate surface area is 77.7 Å². The molecule has 0 bridgehead atoms. The normalized spacial score (nSPS) is 17.0. The van der Waals surface area contributed by atoms with Gasteiger partial charge in [0, 0.05) is 25.7 Å². The van der Waals surface area contributed by atoms with Crippen LogP contribution < -0.4 is 4.90 Å². The summed E-state index contributed by atoms with van der Waals surface area (Å²) in [4.78, 5) is 2.03. The van der Waals surface area contributed by atoms with Gasteiger partial charge in [-0.3, -0.25) is 10.1 Å². The number of anilines is 1. The maximum Gasteiger partial charge on any atom is 0.100 e. The Kier molecular flexibility index (Phi) is 2.04. The Morgan fingerprint density at radius 3 is 3.00 bits per heavy atom. The van der Waals surface area contributed by atoms with Crippen LogP contribution in [0.2, 0.25) is 0 Å². The molecule has 4 heteroatoms. The van der Waals surface area contributed by atoms with Gasteiger partial charge in [-0.15, -0.1) is 0 Å². The van der Waals surface area contributed by atoms with Crippen molar-refractivity contribution in [2.45, 2.75) is 26.3 Å². The molecule has 70 valence electrons. The minimum absolute atomic E-state index is 0.718. The summed E-state index contributed by atoms with van der Waals surface area (Å²) in [6.45, 7) is 3.92. The van der Waals surface area contributed by atoms with E-state index < -0.39 is 0 Å². The van der Waals surface area contributed by atoms with Crippen LogP contribution in [0.25, 0.3) is 0 Å². The Morgan fingerprint density at radius 1 is 1.62 bits per heavy atom. The van der Waals surface area contributed by atoms with Gasteiger partial charge in [-0.05, 0) is 13.3 Å². The number of aryl methyl sites for hydroxylation is 1. The lowest BCUT2D eigenvalue weighted by atomic mass is 10.4. The molecule has 0 radical (unpaired) electrons. The highest BCUT2D eigenvalue weighted by molar-refractivity contribution is 5.97. The first-order chi connectivity index (χ1) is 6.31. The molecule has 1 aromatic heterocycles. The van der Waals surface area contributed by atoms with E-state index in [0.29, 0.717) is 0 Å². The standard InChI is InChI=1S/C9H14N4/c1-2-12-7-8(6-11-12)13-5-3-4-9(13)10/h6-7,10H,2-5H2,1H3. The molecule has 2 heterocycles. The molecule has 2 rings (SSSR count). The topological polar surface area (TPSA) is 44.9 Å². The molecule has 0 amide bonds. The highest BCUT2D eigenvalue weighted by Crippen LogP contribution is 2.20. The van der Waals surface area contributed by atoms with Gasteiger partial charge in [0.2, 0.25) is 0 Å². The van der Waals surface area contributed by atoms with E-state index in [-0.39, 0.29) is 0 Å². The molecule has 1 aliphatic heterocycles. The summed E-state index contributed by atoms with van der Waals surface area (Å²) in [5.41, 5.74) is 1.06. The molecular formula is C9H14N4. The molecule has 4 nitrogen and oxygen atoms in total. The van der Waals surface area contributed by atoms with Gasteiger partial charge in [0.15, 0.2) is 0 Å². The molecule has 0 aliphatic carbocycles. The van der Waals surface area contributed by atoms with E-state index in [0.717, 1.165) is 37.5 Å². The molecule has 1 aromatic rings. The van der Waals surface area contributed by atoms with Crippen molar-refractivity contribution in [1.29, 1.82) is 5.41 Å². The van der Waals surface area contributed by atoms with Gasteiger partial charge in [-0.25, -0.2) is 0 Å². The van der Waals surface area contributed by atoms with Crippen LogP contribution in [0.1, 0.15) is 19.8 Å². The predicted octanol–water partition coefficient (Wildman–Crippen LogP) is 1.48. The highest BCUT2D eigenvalue weighted by Gasteiger charge is 2.19. The van der Waals surface area contributed by atoms with Crippen molar-refractivity contribution in [2.75, 3.05) is 11.4 Å². The monoisotopic (exact) mass is 178 g/mol. The van der Waals surface area contributed by atoms with Crippen LogP contribution in [0.3, 0.4) is 0 Å². The van der Waals surface area contributed by atoms with Crippen molar-refractivity contribution in [3.05, 3.63) is 12.4 Å². The second-order valence-corrected chi connectivity index (χ2v) is 3.26. The van der Waals surface area contributed by atoms with E-state index in [1.54, 1.807) is 0 Å². The fourth-order valence-electron chi connectivity index (χ4n) is 1.62. The van der Waals surface area contributed by atoms with Gasteiger partial charge in [0.1, 0.15) is 5.84 Å². The molecule has 1 aliphatic rings. The maximum absolute atomic E-state index is 7.70. The van der Waals surface area contributed by atoms with Crippen molar-refractivity contribution in [3.8, 4) is 0 Å². The number of rotatable bonds is 2. The van der Waals surface area contributed by atoms with E-state index in [1.165, 1.54) is 0 Å². The third-order valence-corrected chi connectivity index (χ3v) is 2.38. The molecule has 13 heavy (non-hydrogen) atoms. The third-order valence-electron chi connectivity index (χ3n) is 2.38. The van der Waals surface area contributed by atoms with Crippen LogP contribution in [0.4, 0.5) is 5.69 Å². The predicted molar refractivity (Wildman–Crippen MR) is 52.2 cm³/mol. The van der Waals surface area contributed by atoms with Gasteiger partial charge in [0.05, 0.1) is 11.9 Å². The molecule has 1 fully saturated rings. The summed E-state index contributed by atoms with van der Waals surface area (Å²) in [6, 6.07) is 0. The van der Waals surface area contributed by atoms with Crippen molar-refractivity contribution >= 4 is 11.5 Å². The average Bonchev–Trinajstić information content (AvgIpc) is 2.71. The van der Waals surface area contributed by atoms with Crippen LogP contribution in [-0.2, 0) is 6.54 Å². The van der Waals surface area contributed by atoms with Crippen LogP contribution in [-0.4, -0.2) is 22.2 Å². The summed E-state index contributed by atoms with van der Waals surface area (Å²) >= 11 is 0. The Hall–Kier alpha value is -1.32. The SMILES string of the molecule is CCn1cc(N2CCCC2=N)cn1. The zero-order valence-electron chi connectivity index (χ0n) is 7.82. The Morgan fingerprint density at radius 2 is 2.46 bits per heavy atom. The Balaban J connectivity index is 2.19. The van der Waals surface area contributed by atoms with Gasteiger partial charge in [0.25, 0.3) is 0 Å². The molecule has 0 aromatic carbocycles. The molecule has 1 saturated heterocycles. The summed E-state index contributed by atoms with van der Waals surface area (Å²) in [6.07, 6.45) is 5.83. The van der Waals surface area contributed by atoms with Crippen molar-refractivity contribution in [3.63, 3.8) is 0 Å². The third kappa shape index (κ3) is 1.43. The van der Waals surface area contributed by atoms with Crippen LogP contribution in [0, 0.1) is 5.41 Å². The number of nitrogens with zero attached hydrogens (tertiary/aromatic N) is 3. The highest BCUT2D eigenvalue weighted by atomic mass is 15.3. The average molecular weight is 178 g/mol. The first-order valence-corrected chi connectivity index (χ1v) is 4.68. The van der Waals surface area contributed by atoms with E-state index in [1.807, 2.05) is 22.0 Å².